The number of hydrogen-bond donors (Lipinski definition) is 0. The molecule has 0 saturated heterocycles. The number of ether oxygens (including phenoxy) is 2. The first-order valence-electron chi connectivity index (χ1n) is 12.4. The maximum absolute atomic E-state index is 14.6. The molecule has 2 aromatic heterocycles. The van der Waals surface area contributed by atoms with Crippen LogP contribution in [0.5, 0.6) is 11.5 Å². The van der Waals surface area contributed by atoms with Gasteiger partial charge in [0.2, 0.25) is 0 Å². The van der Waals surface area contributed by atoms with Crippen LogP contribution < -0.4 is 9.47 Å². The summed E-state index contributed by atoms with van der Waals surface area (Å²) >= 11 is 2.59. The number of carbonyl (C=O) groups is 2. The molecule has 40 heavy (non-hydrogen) atoms. The Morgan fingerprint density at radius 1 is 0.825 bits per heavy atom. The summed E-state index contributed by atoms with van der Waals surface area (Å²) in [5, 5.41) is 8.94. The van der Waals surface area contributed by atoms with E-state index in [1.54, 1.807) is 37.5 Å². The van der Waals surface area contributed by atoms with E-state index in [0.29, 0.717) is 40.1 Å². The molecule has 0 fully saturated rings. The minimum Gasteiger partial charge on any atom is -0.426 e. The Morgan fingerprint density at radius 2 is 1.38 bits per heavy atom. The number of nitrogens with zero attached hydrogens (tertiary/aromatic N) is 2. The molecule has 10 heteroatoms. The van der Waals surface area contributed by atoms with Gasteiger partial charge in [0.05, 0.1) is 0 Å². The van der Waals surface area contributed by atoms with Crippen LogP contribution in [0.2, 0.25) is 0 Å². The van der Waals surface area contributed by atoms with Crippen LogP contribution in [0, 0.1) is 23.0 Å². The quantitative estimate of drug-likeness (QED) is 0.0784. The lowest BCUT2D eigenvalue weighted by molar-refractivity contribution is -0.134. The van der Waals surface area contributed by atoms with Gasteiger partial charge in [0.25, 0.3) is 0 Å². The molecule has 2 heterocycles. The van der Waals surface area contributed by atoms with Crippen molar-refractivity contribution in [2.24, 2.45) is 4.99 Å². The fraction of sp³-hybridized carbons (Fsp3) is 0.200. The lowest BCUT2D eigenvalue weighted by Gasteiger charge is -2.07. The molecular formula is C30H24F2N2O4S2. The van der Waals surface area contributed by atoms with Gasteiger partial charge < -0.3 is 9.47 Å². The first-order chi connectivity index (χ1) is 19.4. The van der Waals surface area contributed by atoms with Crippen LogP contribution in [0.1, 0.15) is 41.9 Å². The smallest absolute Gasteiger partial charge is 0.311 e. The van der Waals surface area contributed by atoms with E-state index in [0.717, 1.165) is 15.8 Å². The van der Waals surface area contributed by atoms with Crippen LogP contribution in [-0.4, -0.2) is 25.2 Å². The number of hydrogen-bond acceptors (Lipinski definition) is 8. The van der Waals surface area contributed by atoms with E-state index in [4.69, 9.17) is 14.7 Å². The molecule has 0 bridgehead atoms. The number of thiophene rings is 2. The number of nitriles is 1. The summed E-state index contributed by atoms with van der Waals surface area (Å²) in [6, 6.07) is 17.5. The SMILES string of the molecule is CN=Cc1ccc(-c2ccc(OC(=O)CCCCCC(=O)Oc3ccc(-c4ccc(C#N)s4)c(F)c3)cc2F)s1. The van der Waals surface area contributed by atoms with Crippen LogP contribution in [0.15, 0.2) is 65.7 Å². The third-order valence-corrected chi connectivity index (χ3v) is 7.81. The molecule has 4 aromatic rings. The first-order valence-corrected chi connectivity index (χ1v) is 14.0. The highest BCUT2D eigenvalue weighted by atomic mass is 32.1. The van der Waals surface area contributed by atoms with Gasteiger partial charge in [-0.25, -0.2) is 8.78 Å². The van der Waals surface area contributed by atoms with E-state index in [-0.39, 0.29) is 24.3 Å². The molecule has 0 unspecified atom stereocenters. The highest BCUT2D eigenvalue weighted by Gasteiger charge is 2.14. The topological polar surface area (TPSA) is 88.8 Å². The van der Waals surface area contributed by atoms with E-state index in [2.05, 4.69) is 4.99 Å². The van der Waals surface area contributed by atoms with E-state index in [9.17, 15) is 18.4 Å². The molecule has 2 aromatic carbocycles. The maximum atomic E-state index is 14.6. The Labute approximate surface area is 238 Å². The van der Waals surface area contributed by atoms with Gasteiger partial charge in [-0.2, -0.15) is 5.26 Å². The van der Waals surface area contributed by atoms with Gasteiger partial charge >= 0.3 is 11.9 Å². The monoisotopic (exact) mass is 578 g/mol. The van der Waals surface area contributed by atoms with Gasteiger partial charge in [-0.05, 0) is 61.4 Å². The van der Waals surface area contributed by atoms with Crippen LogP contribution >= 0.6 is 22.7 Å². The predicted octanol–water partition coefficient (Wildman–Crippen LogP) is 7.80. The number of aliphatic imine (C=N–C) groups is 1. The third-order valence-electron chi connectivity index (χ3n) is 5.74. The van der Waals surface area contributed by atoms with Gasteiger partial charge in [-0.15, -0.1) is 22.7 Å². The molecule has 204 valence electrons. The zero-order valence-electron chi connectivity index (χ0n) is 21.5. The Morgan fingerprint density at radius 3 is 1.88 bits per heavy atom. The lowest BCUT2D eigenvalue weighted by Crippen LogP contribution is -2.09. The average Bonchev–Trinajstić information content (AvgIpc) is 3.59. The second-order valence-electron chi connectivity index (χ2n) is 8.66. The van der Waals surface area contributed by atoms with E-state index in [1.165, 1.54) is 40.9 Å². The summed E-state index contributed by atoms with van der Waals surface area (Å²) in [6.07, 6.45) is 3.46. The van der Waals surface area contributed by atoms with Crippen molar-refractivity contribution >= 4 is 40.8 Å². The fourth-order valence-electron chi connectivity index (χ4n) is 3.84. The third kappa shape index (κ3) is 7.68. The highest BCUT2D eigenvalue weighted by Crippen LogP contribution is 2.33. The van der Waals surface area contributed by atoms with Crippen LogP contribution in [0.25, 0.3) is 20.9 Å². The van der Waals surface area contributed by atoms with Gasteiger partial charge in [0.1, 0.15) is 34.1 Å². The predicted molar refractivity (Wildman–Crippen MR) is 152 cm³/mol. The van der Waals surface area contributed by atoms with Crippen molar-refractivity contribution in [2.45, 2.75) is 32.1 Å². The summed E-state index contributed by atoms with van der Waals surface area (Å²) in [5.41, 5.74) is 0.749. The minimum absolute atomic E-state index is 0.0967. The Balaban J connectivity index is 1.17. The van der Waals surface area contributed by atoms with Gasteiger partial charge in [-0.3, -0.25) is 14.6 Å². The highest BCUT2D eigenvalue weighted by molar-refractivity contribution is 7.17. The molecule has 0 amide bonds. The number of esters is 2. The lowest BCUT2D eigenvalue weighted by atomic mass is 10.1. The van der Waals surface area contributed by atoms with E-state index in [1.807, 2.05) is 18.2 Å². The summed E-state index contributed by atoms with van der Waals surface area (Å²) in [6.45, 7) is 0. The van der Waals surface area contributed by atoms with Crippen LogP contribution in [0.4, 0.5) is 8.78 Å². The molecule has 0 aliphatic heterocycles. The van der Waals surface area contributed by atoms with Crippen molar-refractivity contribution < 1.29 is 27.8 Å². The van der Waals surface area contributed by atoms with Crippen molar-refractivity contribution in [2.75, 3.05) is 7.05 Å². The zero-order valence-corrected chi connectivity index (χ0v) is 23.1. The Bertz CT molecular complexity index is 1590. The minimum atomic E-state index is -0.549. The molecule has 4 rings (SSSR count). The van der Waals surface area contributed by atoms with Crippen molar-refractivity contribution in [1.29, 1.82) is 5.26 Å². The number of unbranched alkanes of at least 4 members (excludes halogenated alkanes) is 2. The molecule has 6 nitrogen and oxygen atoms in total. The van der Waals surface area contributed by atoms with Crippen LogP contribution in [0.3, 0.4) is 0 Å². The fourth-order valence-corrected chi connectivity index (χ4v) is 5.63. The maximum Gasteiger partial charge on any atom is 0.311 e. The van der Waals surface area contributed by atoms with Gasteiger partial charge in [0, 0.05) is 64.0 Å². The summed E-state index contributed by atoms with van der Waals surface area (Å²) < 4.78 is 39.6. The Hall–Kier alpha value is -4.20. The molecule has 0 N–H and O–H groups in total. The second-order valence-corrected chi connectivity index (χ2v) is 10.9. The van der Waals surface area contributed by atoms with Gasteiger partial charge in [-0.1, -0.05) is 6.42 Å². The summed E-state index contributed by atoms with van der Waals surface area (Å²) in [5.74, 6) is -1.81. The molecular weight excluding hydrogens is 554 g/mol. The number of carbonyl (C=O) groups excluding carboxylic acids is 2. The average molecular weight is 579 g/mol. The normalized spacial score (nSPS) is 10.9. The standard InChI is InChI=1S/C30H24F2N2O4S2/c1-34-18-22-10-14-28(40-22)24-12-8-20(16-26(24)32)38-30(36)6-4-2-3-5-29(35)37-19-7-11-23(25(31)15-19)27-13-9-21(17-33)39-27/h7-16,18H,2-6H2,1H3. The Kier molecular flexibility index (Phi) is 9.89. The summed E-state index contributed by atoms with van der Waals surface area (Å²) in [4.78, 5) is 31.0. The largest absolute Gasteiger partial charge is 0.426 e. The number of halogens is 2. The van der Waals surface area contributed by atoms with Crippen molar-refractivity contribution in [3.63, 3.8) is 0 Å². The molecule has 0 saturated carbocycles. The molecule has 0 aliphatic rings. The second kappa shape index (κ2) is 13.7. The van der Waals surface area contributed by atoms with E-state index >= 15 is 0 Å². The number of benzene rings is 2. The van der Waals surface area contributed by atoms with Crippen molar-refractivity contribution in [3.8, 4) is 38.4 Å². The summed E-state index contributed by atoms with van der Waals surface area (Å²) in [7, 11) is 1.67. The molecule has 0 spiro atoms. The van der Waals surface area contributed by atoms with Crippen molar-refractivity contribution in [1.82, 2.24) is 0 Å². The molecule has 0 atom stereocenters. The first kappa shape index (κ1) is 28.8. The number of rotatable bonds is 11. The van der Waals surface area contributed by atoms with Gasteiger partial charge in [0.15, 0.2) is 0 Å². The van der Waals surface area contributed by atoms with Crippen LogP contribution in [-0.2, 0) is 9.59 Å². The molecule has 0 radical (unpaired) electrons. The zero-order chi connectivity index (χ0) is 28.5. The van der Waals surface area contributed by atoms with E-state index < -0.39 is 23.6 Å². The van der Waals surface area contributed by atoms with Crippen molar-refractivity contribution in [3.05, 3.63) is 82.1 Å². The molecule has 0 aliphatic carbocycles.